The number of hydrogen-bond acceptors (Lipinski definition) is 7. The molecule has 0 radical (unpaired) electrons. The van der Waals surface area contributed by atoms with Gasteiger partial charge in [0.2, 0.25) is 5.91 Å². The lowest BCUT2D eigenvalue weighted by Crippen LogP contribution is -2.40. The number of carbonyl (C=O) groups excluding carboxylic acids is 1. The first-order valence-electron chi connectivity index (χ1n) is 11.2. The molecule has 8 nitrogen and oxygen atoms in total. The largest absolute Gasteiger partial charge is 0.381 e. The second-order valence-electron chi connectivity index (χ2n) is 8.16. The molecule has 4 rings (SSSR count). The van der Waals surface area contributed by atoms with Gasteiger partial charge in [-0.15, -0.1) is 0 Å². The van der Waals surface area contributed by atoms with E-state index in [9.17, 15) is 18.0 Å². The molecule has 2 fully saturated rings. The Bertz CT molecular complexity index is 1010. The van der Waals surface area contributed by atoms with Gasteiger partial charge < -0.3 is 24.8 Å². The molecule has 2 saturated heterocycles. The molecule has 11 heteroatoms. The van der Waals surface area contributed by atoms with Crippen LogP contribution in [0.5, 0.6) is 0 Å². The van der Waals surface area contributed by atoms with Crippen LogP contribution in [0.1, 0.15) is 53.8 Å². The van der Waals surface area contributed by atoms with Crippen molar-refractivity contribution in [2.75, 3.05) is 31.7 Å². The predicted molar refractivity (Wildman–Crippen MR) is 116 cm³/mol. The summed E-state index contributed by atoms with van der Waals surface area (Å²) in [5.74, 6) is -0.484. The monoisotopic (exact) mass is 480 g/mol. The first-order chi connectivity index (χ1) is 16.4. The lowest BCUT2D eigenvalue weighted by molar-refractivity contribution is -0.121. The van der Waals surface area contributed by atoms with E-state index in [-0.39, 0.29) is 30.5 Å². The van der Waals surface area contributed by atoms with Gasteiger partial charge in [0.05, 0.1) is 36.5 Å². The van der Waals surface area contributed by atoms with E-state index in [4.69, 9.17) is 14.2 Å². The molecule has 0 saturated carbocycles. The van der Waals surface area contributed by atoms with Gasteiger partial charge in [-0.2, -0.15) is 0 Å². The van der Waals surface area contributed by atoms with Gasteiger partial charge in [0.15, 0.2) is 6.29 Å². The molecule has 2 N–H and O–H groups in total. The van der Waals surface area contributed by atoms with Crippen LogP contribution in [0.3, 0.4) is 0 Å². The van der Waals surface area contributed by atoms with Crippen LogP contribution in [0.2, 0.25) is 0 Å². The van der Waals surface area contributed by atoms with Gasteiger partial charge in [0, 0.05) is 31.4 Å². The zero-order valence-electron chi connectivity index (χ0n) is 18.8. The predicted octanol–water partition coefficient (Wildman–Crippen LogP) is 3.36. The van der Waals surface area contributed by atoms with Crippen LogP contribution >= 0.6 is 0 Å². The molecular formula is C23H27F3N4O4. The van der Waals surface area contributed by atoms with Crippen LogP contribution in [0.15, 0.2) is 18.2 Å². The minimum Gasteiger partial charge on any atom is -0.381 e. The number of aromatic nitrogens is 2. The molecule has 3 heterocycles. The minimum atomic E-state index is -2.92. The number of nitrogens with one attached hydrogen (secondary N) is 2. The standard InChI is InChI=1S/C23H27F3N4O4/c1-13-28-17(11-18(31)30-15-5-7-32-8-6-15)19(23-33-9-10-34-23)22(29-13)27-12-14-3-2-4-16(20(14)24)21(25)26/h2-4,15,21,23H,5-12H2,1H3,(H,30,31)(H,27,28,29). The first-order valence-corrected chi connectivity index (χ1v) is 11.2. The van der Waals surface area contributed by atoms with Crippen molar-refractivity contribution in [1.82, 2.24) is 15.3 Å². The maximum atomic E-state index is 14.5. The van der Waals surface area contributed by atoms with E-state index in [1.165, 1.54) is 12.1 Å². The number of carbonyl (C=O) groups is 1. The second-order valence-corrected chi connectivity index (χ2v) is 8.16. The number of anilines is 1. The molecule has 1 aromatic carbocycles. The Labute approximate surface area is 195 Å². The quantitative estimate of drug-likeness (QED) is 0.598. The summed E-state index contributed by atoms with van der Waals surface area (Å²) in [6.07, 6.45) is -2.26. The molecular weight excluding hydrogens is 453 g/mol. The maximum absolute atomic E-state index is 14.5. The van der Waals surface area contributed by atoms with Crippen LogP contribution in [0, 0.1) is 12.7 Å². The van der Waals surface area contributed by atoms with Gasteiger partial charge in [-0.3, -0.25) is 4.79 Å². The summed E-state index contributed by atoms with van der Waals surface area (Å²) < 4.78 is 57.3. The second kappa shape index (κ2) is 11.1. The Morgan fingerprint density at radius 3 is 2.59 bits per heavy atom. The van der Waals surface area contributed by atoms with Gasteiger partial charge in [-0.05, 0) is 19.8 Å². The van der Waals surface area contributed by atoms with Crippen molar-refractivity contribution in [2.24, 2.45) is 0 Å². The van der Waals surface area contributed by atoms with Crippen molar-refractivity contribution >= 4 is 11.7 Å². The number of halogens is 3. The summed E-state index contributed by atoms with van der Waals surface area (Å²) in [6.45, 7) is 3.49. The summed E-state index contributed by atoms with van der Waals surface area (Å²) in [6, 6.07) is 3.89. The number of hydrogen-bond donors (Lipinski definition) is 2. The molecule has 2 aromatic rings. The summed E-state index contributed by atoms with van der Waals surface area (Å²) in [4.78, 5) is 21.6. The van der Waals surface area contributed by atoms with E-state index in [1.807, 2.05) is 0 Å². The van der Waals surface area contributed by atoms with E-state index in [0.29, 0.717) is 49.3 Å². The van der Waals surface area contributed by atoms with Crippen molar-refractivity contribution < 1.29 is 32.2 Å². The number of amides is 1. The minimum absolute atomic E-state index is 0.0246. The summed E-state index contributed by atoms with van der Waals surface area (Å²) in [7, 11) is 0. The van der Waals surface area contributed by atoms with Crippen molar-refractivity contribution in [3.63, 3.8) is 0 Å². The molecule has 2 aliphatic heterocycles. The van der Waals surface area contributed by atoms with Crippen molar-refractivity contribution in [2.45, 2.75) is 51.5 Å². The highest BCUT2D eigenvalue weighted by Crippen LogP contribution is 2.32. The molecule has 0 bridgehead atoms. The Kier molecular flexibility index (Phi) is 7.96. The van der Waals surface area contributed by atoms with Crippen LogP contribution in [0.25, 0.3) is 0 Å². The average Bonchev–Trinajstić information content (AvgIpc) is 3.33. The third-order valence-corrected chi connectivity index (χ3v) is 5.70. The van der Waals surface area contributed by atoms with E-state index in [2.05, 4.69) is 20.6 Å². The zero-order chi connectivity index (χ0) is 24.1. The van der Waals surface area contributed by atoms with E-state index in [1.54, 1.807) is 6.92 Å². The summed E-state index contributed by atoms with van der Waals surface area (Å²) in [5.41, 5.74) is 0.266. The SMILES string of the molecule is Cc1nc(CC(=O)NC2CCOCC2)c(C2OCCO2)c(NCc2cccc(C(F)F)c2F)n1. The van der Waals surface area contributed by atoms with E-state index >= 15 is 0 Å². The molecule has 0 atom stereocenters. The summed E-state index contributed by atoms with van der Waals surface area (Å²) in [5, 5.41) is 6.01. The molecule has 1 amide bonds. The number of rotatable bonds is 8. The van der Waals surface area contributed by atoms with Gasteiger partial charge >= 0.3 is 0 Å². The number of benzene rings is 1. The third-order valence-electron chi connectivity index (χ3n) is 5.70. The Balaban J connectivity index is 1.57. The van der Waals surface area contributed by atoms with Crippen LogP contribution in [-0.4, -0.2) is 48.3 Å². The van der Waals surface area contributed by atoms with E-state index in [0.717, 1.165) is 18.9 Å². The normalized spacial score (nSPS) is 17.3. The highest BCUT2D eigenvalue weighted by Gasteiger charge is 2.29. The molecule has 0 aliphatic carbocycles. The zero-order valence-corrected chi connectivity index (χ0v) is 18.8. The van der Waals surface area contributed by atoms with Crippen LogP contribution in [0.4, 0.5) is 19.0 Å². The lowest BCUT2D eigenvalue weighted by Gasteiger charge is -2.24. The molecule has 0 unspecified atom stereocenters. The van der Waals surface area contributed by atoms with Crippen molar-refractivity contribution in [3.8, 4) is 0 Å². The molecule has 184 valence electrons. The summed E-state index contributed by atoms with van der Waals surface area (Å²) >= 11 is 0. The Morgan fingerprint density at radius 2 is 1.88 bits per heavy atom. The molecule has 34 heavy (non-hydrogen) atoms. The fraction of sp³-hybridized carbons (Fsp3) is 0.522. The van der Waals surface area contributed by atoms with Gasteiger partial charge in [0.25, 0.3) is 6.43 Å². The maximum Gasteiger partial charge on any atom is 0.266 e. The third kappa shape index (κ3) is 5.83. The fourth-order valence-electron chi connectivity index (χ4n) is 4.04. The highest BCUT2D eigenvalue weighted by atomic mass is 19.3. The number of alkyl halides is 2. The average molecular weight is 480 g/mol. The molecule has 2 aliphatic rings. The van der Waals surface area contributed by atoms with Gasteiger partial charge in [-0.25, -0.2) is 23.1 Å². The molecule has 1 aromatic heterocycles. The number of nitrogens with zero attached hydrogens (tertiary/aromatic N) is 2. The fourth-order valence-corrected chi connectivity index (χ4v) is 4.04. The Morgan fingerprint density at radius 1 is 1.15 bits per heavy atom. The van der Waals surface area contributed by atoms with Crippen LogP contribution in [-0.2, 0) is 32.0 Å². The van der Waals surface area contributed by atoms with Crippen molar-refractivity contribution in [3.05, 3.63) is 52.2 Å². The number of aryl methyl sites for hydroxylation is 1. The van der Waals surface area contributed by atoms with Gasteiger partial charge in [0.1, 0.15) is 17.5 Å². The smallest absolute Gasteiger partial charge is 0.266 e. The topological polar surface area (TPSA) is 94.6 Å². The van der Waals surface area contributed by atoms with Crippen LogP contribution < -0.4 is 10.6 Å². The highest BCUT2D eigenvalue weighted by molar-refractivity contribution is 5.79. The van der Waals surface area contributed by atoms with E-state index < -0.39 is 24.1 Å². The Hall–Kier alpha value is -2.76. The molecule has 0 spiro atoms. The number of ether oxygens (including phenoxy) is 3. The van der Waals surface area contributed by atoms with Gasteiger partial charge in [-0.1, -0.05) is 18.2 Å². The van der Waals surface area contributed by atoms with Crippen molar-refractivity contribution in [1.29, 1.82) is 0 Å². The lowest BCUT2D eigenvalue weighted by atomic mass is 10.1. The first kappa shape index (κ1) is 24.4.